The van der Waals surface area contributed by atoms with Crippen molar-refractivity contribution < 1.29 is 54.1 Å². The molecule has 0 spiro atoms. The first-order valence-electron chi connectivity index (χ1n) is 23.8. The third-order valence-corrected chi connectivity index (χ3v) is 12.3. The minimum atomic E-state index is -1.87. The number of carboxylic acids is 1. The number of hydrogen-bond donors (Lipinski definition) is 11. The normalized spacial score (nSPS) is 24.2. The van der Waals surface area contributed by atoms with Gasteiger partial charge in [0, 0.05) is 38.3 Å². The highest BCUT2D eigenvalue weighted by Crippen LogP contribution is 2.34. The molecule has 1 aromatic heterocycles. The molecule has 20 nitrogen and oxygen atoms in total. The van der Waals surface area contributed by atoms with Gasteiger partial charge in [-0.2, -0.15) is 0 Å². The third kappa shape index (κ3) is 16.9. The summed E-state index contributed by atoms with van der Waals surface area (Å²) in [5.74, 6) is -2.03. The molecule has 13 N–H and O–H groups in total. The van der Waals surface area contributed by atoms with E-state index in [1.807, 2.05) is 4.98 Å². The van der Waals surface area contributed by atoms with E-state index in [1.165, 1.54) is 57.8 Å². The Hall–Kier alpha value is -4.09. The van der Waals surface area contributed by atoms with Crippen LogP contribution in [-0.2, 0) is 41.7 Å². The van der Waals surface area contributed by atoms with Gasteiger partial charge in [-0.05, 0) is 43.4 Å². The van der Waals surface area contributed by atoms with Gasteiger partial charge in [-0.3, -0.25) is 34.0 Å². The van der Waals surface area contributed by atoms with Crippen molar-refractivity contribution in [1.29, 1.82) is 0 Å². The van der Waals surface area contributed by atoms with Gasteiger partial charge in [0.1, 0.15) is 54.8 Å². The predicted molar refractivity (Wildman–Crippen MR) is 244 cm³/mol. The first-order valence-corrected chi connectivity index (χ1v) is 23.8. The topological polar surface area (TPSA) is 323 Å². The van der Waals surface area contributed by atoms with Crippen molar-refractivity contribution in [2.24, 2.45) is 11.5 Å². The Labute approximate surface area is 386 Å². The van der Waals surface area contributed by atoms with Crippen molar-refractivity contribution in [3.05, 3.63) is 68.5 Å². The highest BCUT2D eigenvalue weighted by atomic mass is 16.7. The van der Waals surface area contributed by atoms with Gasteiger partial charge in [-0.25, -0.2) is 4.79 Å². The maximum atomic E-state index is 13.4. The van der Waals surface area contributed by atoms with Gasteiger partial charge in [0.25, 0.3) is 5.56 Å². The lowest BCUT2D eigenvalue weighted by molar-refractivity contribution is -0.228. The molecule has 2 aromatic rings. The van der Waals surface area contributed by atoms with Crippen LogP contribution in [0.1, 0.15) is 133 Å². The molecule has 1 aromatic carbocycles. The molecule has 2 fully saturated rings. The van der Waals surface area contributed by atoms with Gasteiger partial charge < -0.3 is 61.8 Å². The molecule has 11 atom stereocenters. The summed E-state index contributed by atoms with van der Waals surface area (Å²) in [7, 11) is 0. The Bertz CT molecular complexity index is 1880. The average molecular weight is 934 g/mol. The summed E-state index contributed by atoms with van der Waals surface area (Å²) in [6, 6.07) is 5.41. The quantitative estimate of drug-likeness (QED) is 0.0454. The van der Waals surface area contributed by atoms with Crippen molar-refractivity contribution in [3.63, 3.8) is 0 Å². The number of ether oxygens (including phenoxy) is 3. The standard InChI is InChI=1S/C46H75N7O13/c1-2-3-4-5-6-7-8-9-10-11-12-13-14-21-33(54)51-31(20-15-16-23-47)42(60)50-28-30-19-17-18-29(25-30)27-49-35(44(61)62)40(66-45-39(59)36(56)32(26-48)64-45)41-37(57)38(58)43(65-41)53-24-22-34(55)52-46(53)63/h17-19,22,24-25,31-32,35-41,43,45,49,56-59H,2-16,20-21,23,26-28,47-48H2,1H3,(H,50,60)(H,51,54)(H,61,62)(H,52,55,63)/t31-,32+,35-,36+,37-,38+,39+,40-,41-,43+,45-/m0/s1. The smallest absolute Gasteiger partial charge is 0.330 e. The number of aromatic nitrogens is 2. The minimum Gasteiger partial charge on any atom is -0.480 e. The Kier molecular flexibility index (Phi) is 23.9. The second kappa shape index (κ2) is 28.9. The highest BCUT2D eigenvalue weighted by molar-refractivity contribution is 5.87. The van der Waals surface area contributed by atoms with Crippen molar-refractivity contribution >= 4 is 17.8 Å². The summed E-state index contributed by atoms with van der Waals surface area (Å²) in [6.45, 7) is 2.44. The lowest BCUT2D eigenvalue weighted by atomic mass is 9.98. The number of aliphatic carboxylic acids is 1. The van der Waals surface area contributed by atoms with E-state index in [0.717, 1.165) is 42.5 Å². The van der Waals surface area contributed by atoms with Gasteiger partial charge in [-0.15, -0.1) is 0 Å². The number of amides is 2. The molecule has 66 heavy (non-hydrogen) atoms. The number of carbonyl (C=O) groups is 3. The summed E-state index contributed by atoms with van der Waals surface area (Å²) in [4.78, 5) is 65.7. The van der Waals surface area contributed by atoms with Crippen molar-refractivity contribution in [2.45, 2.75) is 196 Å². The number of aliphatic hydroxyl groups excluding tert-OH is 4. The van der Waals surface area contributed by atoms with Crippen molar-refractivity contribution in [3.8, 4) is 0 Å². The highest BCUT2D eigenvalue weighted by Gasteiger charge is 2.54. The van der Waals surface area contributed by atoms with Crippen molar-refractivity contribution in [1.82, 2.24) is 25.5 Å². The molecule has 0 aliphatic carbocycles. The molecule has 2 amide bonds. The van der Waals surface area contributed by atoms with Crippen LogP contribution in [0.2, 0.25) is 0 Å². The average Bonchev–Trinajstić information content (AvgIpc) is 3.74. The molecule has 0 radical (unpaired) electrons. The zero-order valence-corrected chi connectivity index (χ0v) is 38.3. The van der Waals surface area contributed by atoms with Crippen LogP contribution in [0.5, 0.6) is 0 Å². The number of benzene rings is 1. The lowest BCUT2D eigenvalue weighted by Gasteiger charge is -2.33. The molecule has 2 aliphatic heterocycles. The molecule has 3 heterocycles. The number of carbonyl (C=O) groups excluding carboxylic acids is 2. The second-order valence-corrected chi connectivity index (χ2v) is 17.5. The monoisotopic (exact) mass is 934 g/mol. The summed E-state index contributed by atoms with van der Waals surface area (Å²) < 4.78 is 18.2. The van der Waals surface area contributed by atoms with E-state index in [1.54, 1.807) is 24.3 Å². The fourth-order valence-corrected chi connectivity index (χ4v) is 8.40. The second-order valence-electron chi connectivity index (χ2n) is 17.5. The number of carboxylic acid groups (broad SMARTS) is 1. The SMILES string of the molecule is CCCCCCCCCCCCCCCC(=O)N[C@@H](CCCCN)C(=O)NCc1cccc(CN[C@H](C(=O)O)[C@H](O[C@@H]2O[C@H](CN)[C@@H](O)[C@H]2O)[C@H]2O[C@@H](n3ccc(=O)[nH]c3=O)[C@H](O)[C@@H]2O)c1. The first kappa shape index (κ1) is 54.5. The number of hydrogen-bond acceptors (Lipinski definition) is 15. The van der Waals surface area contributed by atoms with Crippen LogP contribution in [0, 0.1) is 0 Å². The van der Waals surface area contributed by atoms with Gasteiger partial charge in [-0.1, -0.05) is 108 Å². The van der Waals surface area contributed by atoms with E-state index in [0.29, 0.717) is 43.4 Å². The molecule has 0 bridgehead atoms. The summed E-state index contributed by atoms with van der Waals surface area (Å²) in [5, 5.41) is 62.6. The number of aromatic amines is 1. The summed E-state index contributed by atoms with van der Waals surface area (Å²) in [6.07, 6.45) is 4.10. The number of nitrogens with one attached hydrogen (secondary N) is 4. The minimum absolute atomic E-state index is 0.0932. The predicted octanol–water partition coefficient (Wildman–Crippen LogP) is 0.901. The number of nitrogens with two attached hydrogens (primary N) is 2. The van der Waals surface area contributed by atoms with E-state index >= 15 is 0 Å². The van der Waals surface area contributed by atoms with Gasteiger partial charge in [0.2, 0.25) is 11.8 Å². The molecule has 2 aliphatic rings. The van der Waals surface area contributed by atoms with E-state index in [-0.39, 0.29) is 31.4 Å². The Balaban J connectivity index is 1.35. The molecular weight excluding hydrogens is 859 g/mol. The molecule has 0 saturated carbocycles. The lowest BCUT2D eigenvalue weighted by Crippen LogP contribution is -2.57. The Morgan fingerprint density at radius 3 is 2.03 bits per heavy atom. The molecule has 20 heteroatoms. The number of H-pyrrole nitrogens is 1. The number of nitrogens with zero attached hydrogens (tertiary/aromatic N) is 1. The van der Waals surface area contributed by atoms with E-state index in [4.69, 9.17) is 25.7 Å². The maximum absolute atomic E-state index is 13.4. The number of unbranched alkanes of at least 4 members (excludes halogenated alkanes) is 13. The largest absolute Gasteiger partial charge is 0.480 e. The van der Waals surface area contributed by atoms with Crippen LogP contribution in [0.3, 0.4) is 0 Å². The molecule has 4 rings (SSSR count). The van der Waals surface area contributed by atoms with Crippen LogP contribution in [0.4, 0.5) is 0 Å². The summed E-state index contributed by atoms with van der Waals surface area (Å²) in [5.41, 5.74) is 10.9. The summed E-state index contributed by atoms with van der Waals surface area (Å²) >= 11 is 0. The Morgan fingerprint density at radius 2 is 1.44 bits per heavy atom. The number of rotatable bonds is 32. The fourth-order valence-electron chi connectivity index (χ4n) is 8.40. The van der Waals surface area contributed by atoms with Crippen LogP contribution in [-0.4, -0.2) is 127 Å². The Morgan fingerprint density at radius 1 is 0.803 bits per heavy atom. The van der Waals surface area contributed by atoms with Crippen LogP contribution in [0.25, 0.3) is 0 Å². The first-order chi connectivity index (χ1) is 31.8. The van der Waals surface area contributed by atoms with E-state index in [9.17, 15) is 49.5 Å². The maximum Gasteiger partial charge on any atom is 0.330 e. The number of aliphatic hydroxyl groups is 4. The van der Waals surface area contributed by atoms with Crippen LogP contribution < -0.4 is 38.7 Å². The molecule has 2 saturated heterocycles. The van der Waals surface area contributed by atoms with Gasteiger partial charge in [0.15, 0.2) is 12.5 Å². The van der Waals surface area contributed by atoms with Gasteiger partial charge >= 0.3 is 11.7 Å². The van der Waals surface area contributed by atoms with E-state index in [2.05, 4.69) is 22.9 Å². The fraction of sp³-hybridized carbons (Fsp3) is 0.717. The molecular formula is C46H75N7O13. The third-order valence-electron chi connectivity index (χ3n) is 12.3. The van der Waals surface area contributed by atoms with Crippen molar-refractivity contribution in [2.75, 3.05) is 13.1 Å². The molecule has 372 valence electrons. The zero-order chi connectivity index (χ0) is 48.0. The van der Waals surface area contributed by atoms with E-state index < -0.39 is 84.5 Å². The van der Waals surface area contributed by atoms with Gasteiger partial charge in [0.05, 0.1) is 0 Å². The zero-order valence-electron chi connectivity index (χ0n) is 38.3. The van der Waals surface area contributed by atoms with Crippen LogP contribution >= 0.6 is 0 Å². The van der Waals surface area contributed by atoms with Crippen LogP contribution in [0.15, 0.2) is 46.1 Å². The molecule has 0 unspecified atom stereocenters.